The zero-order chi connectivity index (χ0) is 13.3. The second kappa shape index (κ2) is 4.82. The second-order valence-electron chi connectivity index (χ2n) is 4.68. The van der Waals surface area contributed by atoms with Gasteiger partial charge < -0.3 is 10.3 Å². The van der Waals surface area contributed by atoms with Gasteiger partial charge in [-0.05, 0) is 38.0 Å². The highest BCUT2D eigenvalue weighted by Crippen LogP contribution is 2.29. The molecule has 1 atom stereocenters. The molecule has 0 saturated heterocycles. The van der Waals surface area contributed by atoms with E-state index in [0.717, 1.165) is 16.5 Å². The summed E-state index contributed by atoms with van der Waals surface area (Å²) >= 11 is 3.51. The van der Waals surface area contributed by atoms with Crippen molar-refractivity contribution >= 4 is 15.9 Å². The van der Waals surface area contributed by atoms with Gasteiger partial charge in [-0.25, -0.2) is 0 Å². The topological polar surface area (TPSA) is 64.9 Å². The minimum atomic E-state index is -0.581. The number of rotatable bonds is 3. The molecule has 0 bridgehead atoms. The highest BCUT2D eigenvalue weighted by Gasteiger charge is 2.26. The van der Waals surface area contributed by atoms with Crippen LogP contribution >= 0.6 is 15.9 Å². The Morgan fingerprint density at radius 3 is 2.78 bits per heavy atom. The first-order chi connectivity index (χ1) is 8.44. The summed E-state index contributed by atoms with van der Waals surface area (Å²) in [7, 11) is 0. The normalized spacial score (nSPS) is 14.5. The molecule has 5 heteroatoms. The van der Waals surface area contributed by atoms with Crippen molar-refractivity contribution in [1.29, 1.82) is 0 Å². The summed E-state index contributed by atoms with van der Waals surface area (Å²) in [6.45, 7) is 5.91. The zero-order valence-corrected chi connectivity index (χ0v) is 12.3. The first-order valence-corrected chi connectivity index (χ1v) is 6.63. The lowest BCUT2D eigenvalue weighted by molar-refractivity contribution is 0.291. The average Bonchev–Trinajstić information content (AvgIpc) is 2.79. The van der Waals surface area contributed by atoms with Gasteiger partial charge in [-0.15, -0.1) is 0 Å². The zero-order valence-electron chi connectivity index (χ0n) is 10.7. The maximum absolute atomic E-state index is 6.08. The quantitative estimate of drug-likeness (QED) is 0.943. The minimum absolute atomic E-state index is 0.465. The van der Waals surface area contributed by atoms with Crippen molar-refractivity contribution < 1.29 is 4.52 Å². The van der Waals surface area contributed by atoms with Crippen molar-refractivity contribution in [3.63, 3.8) is 0 Å². The molecule has 18 heavy (non-hydrogen) atoms. The molecule has 1 heterocycles. The molecule has 1 aromatic carbocycles. The van der Waals surface area contributed by atoms with Crippen LogP contribution in [0.3, 0.4) is 0 Å². The largest absolute Gasteiger partial charge is 0.337 e. The van der Waals surface area contributed by atoms with Crippen molar-refractivity contribution in [1.82, 2.24) is 10.1 Å². The number of aromatic nitrogens is 2. The van der Waals surface area contributed by atoms with Crippen molar-refractivity contribution in [3.8, 4) is 11.4 Å². The van der Waals surface area contributed by atoms with Gasteiger partial charge in [0, 0.05) is 10.0 Å². The maximum Gasteiger partial charge on any atom is 0.246 e. The van der Waals surface area contributed by atoms with E-state index < -0.39 is 5.54 Å². The summed E-state index contributed by atoms with van der Waals surface area (Å²) in [5.74, 6) is 1.02. The van der Waals surface area contributed by atoms with E-state index >= 15 is 0 Å². The van der Waals surface area contributed by atoms with Gasteiger partial charge in [0.05, 0.1) is 5.54 Å². The van der Waals surface area contributed by atoms with Crippen LogP contribution in [0.2, 0.25) is 0 Å². The summed E-state index contributed by atoms with van der Waals surface area (Å²) in [6.07, 6.45) is 0.740. The standard InChI is InChI=1S/C13H16BrN3O/c1-4-13(3,15)12-16-11(17-18-12)9-6-5-8(2)7-10(9)14/h5-7H,4,15H2,1-3H3. The molecule has 0 saturated carbocycles. The van der Waals surface area contributed by atoms with Crippen LogP contribution in [-0.4, -0.2) is 10.1 Å². The molecule has 1 unspecified atom stereocenters. The first kappa shape index (κ1) is 13.2. The summed E-state index contributed by atoms with van der Waals surface area (Å²) in [5.41, 5.74) is 7.58. The summed E-state index contributed by atoms with van der Waals surface area (Å²) < 4.78 is 6.20. The van der Waals surface area contributed by atoms with Gasteiger partial charge >= 0.3 is 0 Å². The van der Waals surface area contributed by atoms with E-state index in [0.29, 0.717) is 11.7 Å². The molecule has 0 spiro atoms. The Morgan fingerprint density at radius 1 is 1.44 bits per heavy atom. The van der Waals surface area contributed by atoms with Crippen molar-refractivity contribution in [2.45, 2.75) is 32.7 Å². The molecule has 2 N–H and O–H groups in total. The minimum Gasteiger partial charge on any atom is -0.337 e. The third-order valence-electron chi connectivity index (χ3n) is 3.01. The SMILES string of the molecule is CCC(C)(N)c1nc(-c2ccc(C)cc2Br)no1. The number of nitrogens with two attached hydrogens (primary N) is 1. The summed E-state index contributed by atoms with van der Waals surface area (Å²) in [4.78, 5) is 4.38. The fraction of sp³-hybridized carbons (Fsp3) is 0.385. The van der Waals surface area contributed by atoms with E-state index in [9.17, 15) is 0 Å². The molecule has 0 amide bonds. The van der Waals surface area contributed by atoms with E-state index in [-0.39, 0.29) is 0 Å². The molecule has 4 nitrogen and oxygen atoms in total. The molecule has 0 fully saturated rings. The number of nitrogens with zero attached hydrogens (tertiary/aromatic N) is 2. The van der Waals surface area contributed by atoms with Crippen LogP contribution in [0.5, 0.6) is 0 Å². The number of hydrogen-bond acceptors (Lipinski definition) is 4. The number of halogens is 1. The Bertz CT molecular complexity index is 563. The van der Waals surface area contributed by atoms with E-state index in [2.05, 4.69) is 26.1 Å². The Labute approximate surface area is 115 Å². The van der Waals surface area contributed by atoms with Gasteiger partial charge in [-0.1, -0.05) is 34.1 Å². The van der Waals surface area contributed by atoms with Crippen LogP contribution in [0.15, 0.2) is 27.2 Å². The monoisotopic (exact) mass is 309 g/mol. The smallest absolute Gasteiger partial charge is 0.246 e. The van der Waals surface area contributed by atoms with Crippen molar-refractivity contribution in [3.05, 3.63) is 34.1 Å². The van der Waals surface area contributed by atoms with Crippen LogP contribution in [0, 0.1) is 6.92 Å². The highest BCUT2D eigenvalue weighted by molar-refractivity contribution is 9.10. The van der Waals surface area contributed by atoms with Crippen molar-refractivity contribution in [2.24, 2.45) is 5.73 Å². The third kappa shape index (κ3) is 2.47. The lowest BCUT2D eigenvalue weighted by Gasteiger charge is -2.16. The van der Waals surface area contributed by atoms with Crippen LogP contribution in [0.1, 0.15) is 31.7 Å². The average molecular weight is 310 g/mol. The maximum atomic E-state index is 6.08. The fourth-order valence-corrected chi connectivity index (χ4v) is 2.19. The molecule has 0 radical (unpaired) electrons. The van der Waals surface area contributed by atoms with Crippen LogP contribution in [0.4, 0.5) is 0 Å². The van der Waals surface area contributed by atoms with Gasteiger partial charge in [-0.2, -0.15) is 4.98 Å². The highest BCUT2D eigenvalue weighted by atomic mass is 79.9. The molecular weight excluding hydrogens is 294 g/mol. The fourth-order valence-electron chi connectivity index (χ4n) is 1.52. The van der Waals surface area contributed by atoms with E-state index in [4.69, 9.17) is 10.3 Å². The molecule has 0 aliphatic heterocycles. The van der Waals surface area contributed by atoms with Gasteiger partial charge in [0.15, 0.2) is 0 Å². The van der Waals surface area contributed by atoms with Gasteiger partial charge in [0.1, 0.15) is 0 Å². The molecule has 0 aliphatic rings. The van der Waals surface area contributed by atoms with Gasteiger partial charge in [0.2, 0.25) is 11.7 Å². The number of hydrogen-bond donors (Lipinski definition) is 1. The lowest BCUT2D eigenvalue weighted by Crippen LogP contribution is -2.32. The molecule has 1 aromatic heterocycles. The Hall–Kier alpha value is -1.20. The molecule has 2 aromatic rings. The molecule has 0 aliphatic carbocycles. The molecular formula is C13H16BrN3O. The van der Waals surface area contributed by atoms with E-state index in [1.54, 1.807) is 0 Å². The third-order valence-corrected chi connectivity index (χ3v) is 3.67. The molecule has 2 rings (SSSR count). The van der Waals surface area contributed by atoms with Crippen LogP contribution in [0.25, 0.3) is 11.4 Å². The van der Waals surface area contributed by atoms with Gasteiger partial charge in [0.25, 0.3) is 0 Å². The van der Waals surface area contributed by atoms with Crippen LogP contribution < -0.4 is 5.73 Å². The Kier molecular flexibility index (Phi) is 3.54. The predicted octanol–water partition coefficient (Wildman–Crippen LogP) is 3.39. The van der Waals surface area contributed by atoms with Crippen molar-refractivity contribution in [2.75, 3.05) is 0 Å². The van der Waals surface area contributed by atoms with E-state index in [1.807, 2.05) is 39.0 Å². The van der Waals surface area contributed by atoms with Crippen LogP contribution in [-0.2, 0) is 5.54 Å². The van der Waals surface area contributed by atoms with Gasteiger partial charge in [-0.3, -0.25) is 0 Å². The number of benzene rings is 1. The Morgan fingerprint density at radius 2 is 2.17 bits per heavy atom. The van der Waals surface area contributed by atoms with E-state index in [1.165, 1.54) is 5.56 Å². The summed E-state index contributed by atoms with van der Waals surface area (Å²) in [5, 5.41) is 4.00. The first-order valence-electron chi connectivity index (χ1n) is 5.83. The number of aryl methyl sites for hydroxylation is 1. The molecule has 96 valence electrons. The second-order valence-corrected chi connectivity index (χ2v) is 5.53. The Balaban J connectivity index is 2.41. The lowest BCUT2D eigenvalue weighted by atomic mass is 10.0. The summed E-state index contributed by atoms with van der Waals surface area (Å²) in [6, 6.07) is 6.00. The predicted molar refractivity (Wildman–Crippen MR) is 74.0 cm³/mol.